The van der Waals surface area contributed by atoms with E-state index < -0.39 is 171 Å². The van der Waals surface area contributed by atoms with E-state index in [1.165, 1.54) is 30.3 Å². The number of alkyl halides is 3. The van der Waals surface area contributed by atoms with Gasteiger partial charge in [-0.15, -0.1) is 10.2 Å². The summed E-state index contributed by atoms with van der Waals surface area (Å²) in [6.45, 7) is 8.02. The number of cyclic esters (lactones) is 1. The molecule has 0 unspecified atom stereocenters. The van der Waals surface area contributed by atoms with Gasteiger partial charge in [-0.05, 0) is 58.1 Å². The molecule has 0 aliphatic carbocycles. The van der Waals surface area contributed by atoms with Gasteiger partial charge in [0.15, 0.2) is 12.1 Å². The highest BCUT2D eigenvalue weighted by atomic mass is 19.4. The number of nitrogens with one attached hydrogen (secondary N) is 1. The maximum Gasteiger partial charge on any atom is 0.442 e. The normalized spacial score (nSPS) is 35.2. The molecule has 27 heteroatoms. The fraction of sp³-hybridized carbons (Fsp3) is 0.636. The number of carbonyl (C=O) groups is 4. The first-order valence-electron chi connectivity index (χ1n) is 31.9. The quantitative estimate of drug-likeness (QED) is 0.104. The van der Waals surface area contributed by atoms with Crippen molar-refractivity contribution in [1.82, 2.24) is 15.1 Å². The van der Waals surface area contributed by atoms with E-state index in [1.807, 2.05) is 17.9 Å². The lowest BCUT2D eigenvalue weighted by Gasteiger charge is -2.49. The van der Waals surface area contributed by atoms with E-state index in [9.17, 15) is 88.5 Å². The summed E-state index contributed by atoms with van der Waals surface area (Å²) in [7, 11) is 0. The Kier molecular flexibility index (Phi) is 29.3. The number of piperazine rings is 1. The second-order valence-corrected chi connectivity index (χ2v) is 24.9. The molecule has 1 aromatic rings. The van der Waals surface area contributed by atoms with Gasteiger partial charge in [0.1, 0.15) is 18.1 Å². The third-order valence-corrected chi connectivity index (χ3v) is 17.6. The number of ether oxygens (including phenoxy) is 4. The zero-order valence-corrected chi connectivity index (χ0v) is 52.9. The van der Waals surface area contributed by atoms with Crippen LogP contribution in [0.1, 0.15) is 121 Å². The Morgan fingerprint density at radius 2 is 1.28 bits per heavy atom. The first kappa shape index (κ1) is 76.1. The smallest absolute Gasteiger partial charge is 0.442 e. The number of aliphatic hydroxyl groups excluding tert-OH is 9. The molecule has 3 fully saturated rings. The molecule has 5 heterocycles. The Labute approximate surface area is 539 Å². The van der Waals surface area contributed by atoms with Gasteiger partial charge in [0.05, 0.1) is 79.6 Å². The van der Waals surface area contributed by atoms with E-state index in [2.05, 4.69) is 15.5 Å². The van der Waals surface area contributed by atoms with Crippen molar-refractivity contribution in [1.29, 1.82) is 0 Å². The lowest BCUT2D eigenvalue weighted by Crippen LogP contribution is -2.66. The number of carboxylic acid groups (broad SMARTS) is 1. The number of halogens is 3. The van der Waals surface area contributed by atoms with Crippen LogP contribution in [0.3, 0.4) is 0 Å². The van der Waals surface area contributed by atoms with Crippen molar-refractivity contribution in [3.8, 4) is 0 Å². The van der Waals surface area contributed by atoms with Crippen LogP contribution in [0.2, 0.25) is 0 Å². The van der Waals surface area contributed by atoms with Crippen LogP contribution in [0.25, 0.3) is 0 Å². The van der Waals surface area contributed by atoms with E-state index in [0.29, 0.717) is 19.3 Å². The van der Waals surface area contributed by atoms with Gasteiger partial charge in [0, 0.05) is 87.8 Å². The molecule has 3 saturated heterocycles. The Hall–Kier alpha value is -5.89. The van der Waals surface area contributed by atoms with Crippen molar-refractivity contribution in [2.75, 3.05) is 32.7 Å². The molecule has 0 saturated carbocycles. The van der Waals surface area contributed by atoms with Crippen LogP contribution < -0.4 is 5.32 Å². The van der Waals surface area contributed by atoms with Gasteiger partial charge in [0.25, 0.3) is 5.91 Å². The fourth-order valence-electron chi connectivity index (χ4n) is 12.0. The molecule has 5 aliphatic heterocycles. The Balaban J connectivity index is 1.10. The number of amides is 2. The zero-order valence-electron chi connectivity index (χ0n) is 52.9. The topological polar surface area (TPSA) is 371 Å². The average molecular weight is 1320 g/mol. The highest BCUT2D eigenvalue weighted by Gasteiger charge is 2.65. The number of nitrogens with zero attached hydrogens (tertiary/aromatic N) is 4. The summed E-state index contributed by atoms with van der Waals surface area (Å²) in [6.07, 6.45) is -0.647. The summed E-state index contributed by atoms with van der Waals surface area (Å²) < 4.78 is 64.2. The second kappa shape index (κ2) is 35.7. The van der Waals surface area contributed by atoms with Gasteiger partial charge >= 0.3 is 23.8 Å². The van der Waals surface area contributed by atoms with Crippen molar-refractivity contribution >= 4 is 23.8 Å². The third-order valence-electron chi connectivity index (χ3n) is 17.6. The molecule has 5 aliphatic rings. The van der Waals surface area contributed by atoms with E-state index in [-0.39, 0.29) is 81.4 Å². The van der Waals surface area contributed by atoms with E-state index in [1.54, 1.807) is 98.6 Å². The minimum atomic E-state index is -4.69. The monoisotopic (exact) mass is 1320 g/mol. The van der Waals surface area contributed by atoms with Gasteiger partial charge < -0.3 is 85.3 Å². The van der Waals surface area contributed by atoms with E-state index in [0.717, 1.165) is 0 Å². The van der Waals surface area contributed by atoms with Crippen molar-refractivity contribution in [3.63, 3.8) is 0 Å². The van der Waals surface area contributed by atoms with Crippen LogP contribution in [0, 0.1) is 17.8 Å². The highest BCUT2D eigenvalue weighted by Crippen LogP contribution is 2.52. The summed E-state index contributed by atoms with van der Waals surface area (Å²) >= 11 is 0. The van der Waals surface area contributed by atoms with E-state index >= 15 is 0 Å². The molecule has 0 aromatic heterocycles. The van der Waals surface area contributed by atoms with Crippen molar-refractivity contribution in [2.24, 2.45) is 28.0 Å². The van der Waals surface area contributed by atoms with Crippen LogP contribution in [-0.4, -0.2) is 226 Å². The summed E-state index contributed by atoms with van der Waals surface area (Å²) in [6, 6.07) is 3.90. The summed E-state index contributed by atoms with van der Waals surface area (Å²) in [4.78, 5) is 55.1. The Morgan fingerprint density at radius 1 is 0.677 bits per heavy atom. The van der Waals surface area contributed by atoms with Gasteiger partial charge in [-0.3, -0.25) is 24.1 Å². The second-order valence-electron chi connectivity index (χ2n) is 24.9. The number of fused-ring (bicyclic) bond motifs is 2. The summed E-state index contributed by atoms with van der Waals surface area (Å²) in [5.74, 6) is -7.70. The largest absolute Gasteiger partial charge is 0.481 e. The number of aliphatic carboxylic acids is 1. The maximum absolute atomic E-state index is 13.4. The average Bonchev–Trinajstić information content (AvgIpc) is 1.61. The molecule has 24 nitrogen and oxygen atoms in total. The van der Waals surface area contributed by atoms with Crippen LogP contribution in [0.4, 0.5) is 13.2 Å². The van der Waals surface area contributed by atoms with Gasteiger partial charge in [-0.25, -0.2) is 0 Å². The Bertz CT molecular complexity index is 2810. The number of carbonyl (C=O) groups excluding carboxylic acids is 3. The first-order valence-corrected chi connectivity index (χ1v) is 31.9. The van der Waals surface area contributed by atoms with Crippen LogP contribution >= 0.6 is 0 Å². The first-order chi connectivity index (χ1) is 44.0. The summed E-state index contributed by atoms with van der Waals surface area (Å²) in [5.41, 5.74) is -2.60. The minimum absolute atomic E-state index is 0.121. The standard InChI is InChI=1S/C66H94F3N5O19/c1-40-20-16-13-11-9-7-5-6-8-10-12-14-17-21-49(37-53-56(62(87)88)52(80)39-64(89,93-53)38-48(77)35-51(79)50(78)28-27-46(75)34-47(76)36-55(82)90-42(3)41(2)58(40)83)92-63-60(85)57(59(84)43(4)91-63)74-32-30-73(31-33-74)54(81)22-18-15-19-29-70-61(86)44-23-25-45(26-24-44)65(71-72-65)66(67,68)69/h5-14,16-17,20-21,23-26,40-43,46-53,56-60,63,75-80,83-85,89H,15,18-19,22,27-39H2,1-4H3,(H,70,86)(H,87,88)/t40-,41-,42-,43+,46+,47+,48-,49-,50+,51+,52-,53-,56+,57-,58+,59+,60-,63-,64+/m0/s1. The molecule has 0 spiro atoms. The van der Waals surface area contributed by atoms with Gasteiger partial charge in [-0.2, -0.15) is 13.2 Å². The zero-order chi connectivity index (χ0) is 68.2. The maximum atomic E-state index is 13.4. The van der Waals surface area contributed by atoms with E-state index in [4.69, 9.17) is 18.9 Å². The molecule has 19 atom stereocenters. The predicted molar refractivity (Wildman–Crippen MR) is 331 cm³/mol. The minimum Gasteiger partial charge on any atom is -0.481 e. The number of unbranched alkanes of at least 4 members (excludes halogenated alkanes) is 2. The van der Waals surface area contributed by atoms with Crippen molar-refractivity contribution in [2.45, 2.75) is 214 Å². The molecular weight excluding hydrogens is 1220 g/mol. The number of carboxylic acids is 1. The van der Waals surface area contributed by atoms with Gasteiger partial charge in [-0.1, -0.05) is 117 Å². The lowest BCUT2D eigenvalue weighted by molar-refractivity contribution is -0.312. The molecule has 2 amide bonds. The molecule has 12 N–H and O–H groups in total. The SMILES string of the molecule is C[C@@H]1[C@H](O)[C@@H](C)C=CC=CC=CC=CC=CC=CC=C[C@H](O[C@@H]2O[C@H](C)[C@@H](O)[C@H](N3CCN(C(=O)CCCCCNC(=O)c4ccc(C5(C(F)(F)F)N=N5)cc4)CC3)[C@@H]2O)C[C@@H]2O[C@](O)(C[C@@H](O)C[C@@H](O)[C@H](O)CC[C@@H](O)C[C@@H](O)CC(=O)O[C@H]1C)C[C@H](O)[C@H]2C(=O)O. The molecule has 93 heavy (non-hydrogen) atoms. The van der Waals surface area contributed by atoms with Gasteiger partial charge in [0.2, 0.25) is 5.91 Å². The molecule has 2 bridgehead atoms. The number of benzene rings is 1. The third kappa shape index (κ3) is 22.6. The number of esters is 1. The predicted octanol–water partition coefficient (Wildman–Crippen LogP) is 4.07. The molecule has 1 aromatic carbocycles. The highest BCUT2D eigenvalue weighted by molar-refractivity contribution is 5.94. The molecule has 0 radical (unpaired) electrons. The van der Waals surface area contributed by atoms with Crippen molar-refractivity contribution < 1.29 is 107 Å². The van der Waals surface area contributed by atoms with Crippen LogP contribution in [-0.2, 0) is 39.0 Å². The Morgan fingerprint density at radius 3 is 1.87 bits per heavy atom. The van der Waals surface area contributed by atoms with Crippen LogP contribution in [0.5, 0.6) is 0 Å². The van der Waals surface area contributed by atoms with Crippen molar-refractivity contribution in [3.05, 3.63) is 120 Å². The molecule has 6 rings (SSSR count). The number of allylic oxidation sites excluding steroid dienone is 12. The number of rotatable bonds is 12. The number of hydrogen-bond acceptors (Lipinski definition) is 21. The fourth-order valence-corrected chi connectivity index (χ4v) is 12.0. The molecular formula is C66H94F3N5O19. The number of aliphatic hydroxyl groups is 10. The lowest BCUT2D eigenvalue weighted by atomic mass is 9.82. The molecule has 518 valence electrons. The van der Waals surface area contributed by atoms with Crippen LogP contribution in [0.15, 0.2) is 120 Å². The summed E-state index contributed by atoms with van der Waals surface area (Å²) in [5, 5.41) is 131. The number of hydrogen-bond donors (Lipinski definition) is 12.